The molecule has 0 saturated carbocycles. The number of carbonyl (C=O) groups is 1. The largest absolute Gasteiger partial charge is 0.460 e. The summed E-state index contributed by atoms with van der Waals surface area (Å²) in [6.45, 7) is 0.595. The van der Waals surface area contributed by atoms with Crippen molar-refractivity contribution in [1.82, 2.24) is 4.31 Å². The molecule has 0 bridgehead atoms. The molecule has 160 valence electrons. The van der Waals surface area contributed by atoms with Crippen LogP contribution in [-0.2, 0) is 26.2 Å². The molecule has 9 heteroatoms. The molecule has 4 rings (SSSR count). The van der Waals surface area contributed by atoms with Crippen molar-refractivity contribution < 1.29 is 17.9 Å². The van der Waals surface area contributed by atoms with Crippen LogP contribution in [0.25, 0.3) is 10.1 Å². The van der Waals surface area contributed by atoms with Gasteiger partial charge in [0.05, 0.1) is 32.3 Å². The Balaban J connectivity index is 1.35. The van der Waals surface area contributed by atoms with Gasteiger partial charge in [-0.3, -0.25) is 4.79 Å². The average molecular weight is 475 g/mol. The summed E-state index contributed by atoms with van der Waals surface area (Å²) in [6, 6.07) is 15.6. The fraction of sp³-hybridized carbons (Fsp3) is 0.273. The van der Waals surface area contributed by atoms with Gasteiger partial charge in [0.25, 0.3) is 0 Å². The lowest BCUT2D eigenvalue weighted by atomic mass is 9.98. The standard InChI is InChI=1S/C22H19ClN2O4S2/c23-21-18-3-1-2-4-19(18)30-20(21)14-29-22(26)16-9-11-25(12-10-16)31(27,28)17-7-5-15(13-24)6-8-17/h1-8,16H,9-12,14H2. The molecule has 6 nitrogen and oxygen atoms in total. The van der Waals surface area contributed by atoms with E-state index in [4.69, 9.17) is 21.6 Å². The number of nitrogens with zero attached hydrogens (tertiary/aromatic N) is 2. The van der Waals surface area contributed by atoms with Gasteiger partial charge in [0, 0.05) is 23.2 Å². The number of fused-ring (bicyclic) bond motifs is 1. The van der Waals surface area contributed by atoms with Gasteiger partial charge in [-0.2, -0.15) is 9.57 Å². The summed E-state index contributed by atoms with van der Waals surface area (Å²) in [5.74, 6) is -0.676. The quantitative estimate of drug-likeness (QED) is 0.505. The van der Waals surface area contributed by atoms with E-state index in [0.29, 0.717) is 23.4 Å². The van der Waals surface area contributed by atoms with E-state index in [1.54, 1.807) is 0 Å². The third kappa shape index (κ3) is 4.46. The molecule has 3 aromatic rings. The first-order valence-electron chi connectivity index (χ1n) is 9.73. The Bertz CT molecular complexity index is 1250. The Morgan fingerprint density at radius 1 is 1.16 bits per heavy atom. The Labute approximate surface area is 189 Å². The van der Waals surface area contributed by atoms with Crippen LogP contribution in [0.15, 0.2) is 53.4 Å². The van der Waals surface area contributed by atoms with Crippen LogP contribution in [0.4, 0.5) is 0 Å². The topological polar surface area (TPSA) is 87.5 Å². The molecule has 0 N–H and O–H groups in total. The van der Waals surface area contributed by atoms with Gasteiger partial charge in [-0.15, -0.1) is 11.3 Å². The van der Waals surface area contributed by atoms with E-state index < -0.39 is 10.0 Å². The van der Waals surface area contributed by atoms with Crippen LogP contribution in [0.1, 0.15) is 23.3 Å². The average Bonchev–Trinajstić information content (AvgIpc) is 3.13. The van der Waals surface area contributed by atoms with E-state index in [1.807, 2.05) is 30.3 Å². The van der Waals surface area contributed by atoms with Crippen molar-refractivity contribution in [3.8, 4) is 6.07 Å². The smallest absolute Gasteiger partial charge is 0.309 e. The first kappa shape index (κ1) is 21.8. The number of carbonyl (C=O) groups excluding carboxylic acids is 1. The number of esters is 1. The number of hydrogen-bond donors (Lipinski definition) is 0. The van der Waals surface area contributed by atoms with Crippen molar-refractivity contribution in [2.45, 2.75) is 24.3 Å². The number of thiophene rings is 1. The number of benzene rings is 2. The van der Waals surface area contributed by atoms with Crippen molar-refractivity contribution in [3.05, 3.63) is 64.0 Å². The van der Waals surface area contributed by atoms with Crippen molar-refractivity contribution in [1.29, 1.82) is 5.26 Å². The molecule has 1 aliphatic heterocycles. The third-order valence-electron chi connectivity index (χ3n) is 5.36. The summed E-state index contributed by atoms with van der Waals surface area (Å²) in [5.41, 5.74) is 0.402. The minimum absolute atomic E-state index is 0.112. The SMILES string of the molecule is N#Cc1ccc(S(=O)(=O)N2CCC(C(=O)OCc3sc4ccccc4c3Cl)CC2)cc1. The Kier molecular flexibility index (Phi) is 6.30. The minimum atomic E-state index is -3.66. The molecule has 31 heavy (non-hydrogen) atoms. The lowest BCUT2D eigenvalue weighted by Gasteiger charge is -2.30. The van der Waals surface area contributed by atoms with Crippen LogP contribution in [-0.4, -0.2) is 31.8 Å². The monoisotopic (exact) mass is 474 g/mol. The van der Waals surface area contributed by atoms with E-state index in [-0.39, 0.29) is 36.5 Å². The maximum atomic E-state index is 12.8. The summed E-state index contributed by atoms with van der Waals surface area (Å²) < 4.78 is 33.5. The van der Waals surface area contributed by atoms with E-state index >= 15 is 0 Å². The van der Waals surface area contributed by atoms with Crippen LogP contribution in [0, 0.1) is 17.2 Å². The molecule has 0 aliphatic carbocycles. The van der Waals surface area contributed by atoms with Crippen molar-refractivity contribution in [2.75, 3.05) is 13.1 Å². The van der Waals surface area contributed by atoms with Crippen LogP contribution >= 0.6 is 22.9 Å². The molecule has 1 aromatic heterocycles. The maximum Gasteiger partial charge on any atom is 0.309 e. The summed E-state index contributed by atoms with van der Waals surface area (Å²) in [6.07, 6.45) is 0.795. The summed E-state index contributed by atoms with van der Waals surface area (Å²) in [7, 11) is -3.66. The van der Waals surface area contributed by atoms with Crippen molar-refractivity contribution in [3.63, 3.8) is 0 Å². The fourth-order valence-electron chi connectivity index (χ4n) is 3.59. The molecule has 0 unspecified atom stereocenters. The van der Waals surface area contributed by atoms with Gasteiger partial charge in [0.1, 0.15) is 6.61 Å². The predicted octanol–water partition coefficient (Wildman–Crippen LogP) is 4.57. The van der Waals surface area contributed by atoms with Gasteiger partial charge in [-0.25, -0.2) is 8.42 Å². The zero-order chi connectivity index (χ0) is 22.0. The second-order valence-electron chi connectivity index (χ2n) is 7.26. The molecule has 1 aliphatic rings. The van der Waals surface area contributed by atoms with Gasteiger partial charge in [-0.05, 0) is 43.2 Å². The molecule has 2 aromatic carbocycles. The van der Waals surface area contributed by atoms with Gasteiger partial charge >= 0.3 is 5.97 Å². The first-order chi connectivity index (χ1) is 14.9. The van der Waals surface area contributed by atoms with Crippen LogP contribution < -0.4 is 0 Å². The van der Waals surface area contributed by atoms with Gasteiger partial charge in [0.2, 0.25) is 10.0 Å². The molecule has 0 atom stereocenters. The molecular formula is C22H19ClN2O4S2. The zero-order valence-corrected chi connectivity index (χ0v) is 18.8. The molecule has 0 spiro atoms. The van der Waals surface area contributed by atoms with Gasteiger partial charge in [-0.1, -0.05) is 29.8 Å². The highest BCUT2D eigenvalue weighted by atomic mass is 35.5. The molecule has 0 radical (unpaired) electrons. The highest BCUT2D eigenvalue weighted by Crippen LogP contribution is 2.36. The molecular weight excluding hydrogens is 456 g/mol. The number of rotatable bonds is 5. The number of sulfonamides is 1. The summed E-state index contributed by atoms with van der Waals surface area (Å²) >= 11 is 7.90. The molecule has 0 amide bonds. The lowest BCUT2D eigenvalue weighted by molar-refractivity contribution is -0.151. The second kappa shape index (κ2) is 8.97. The molecule has 1 fully saturated rings. The van der Waals surface area contributed by atoms with E-state index in [1.165, 1.54) is 39.9 Å². The number of piperidine rings is 1. The highest BCUT2D eigenvalue weighted by molar-refractivity contribution is 7.89. The Morgan fingerprint density at radius 2 is 1.84 bits per heavy atom. The Hall–Kier alpha value is -2.44. The predicted molar refractivity (Wildman–Crippen MR) is 119 cm³/mol. The number of hydrogen-bond acceptors (Lipinski definition) is 6. The van der Waals surface area contributed by atoms with Crippen molar-refractivity contribution in [2.24, 2.45) is 5.92 Å². The number of ether oxygens (including phenoxy) is 1. The van der Waals surface area contributed by atoms with E-state index in [9.17, 15) is 13.2 Å². The van der Waals surface area contributed by atoms with Crippen LogP contribution in [0.3, 0.4) is 0 Å². The second-order valence-corrected chi connectivity index (χ2v) is 10.7. The first-order valence-corrected chi connectivity index (χ1v) is 12.4. The number of halogens is 1. The Morgan fingerprint density at radius 3 is 2.48 bits per heavy atom. The third-order valence-corrected chi connectivity index (χ3v) is 8.96. The highest BCUT2D eigenvalue weighted by Gasteiger charge is 2.33. The lowest BCUT2D eigenvalue weighted by Crippen LogP contribution is -2.40. The van der Waals surface area contributed by atoms with Crippen LogP contribution in [0.5, 0.6) is 0 Å². The minimum Gasteiger partial charge on any atom is -0.460 e. The zero-order valence-electron chi connectivity index (χ0n) is 16.5. The van der Waals surface area contributed by atoms with Gasteiger partial charge in [0.15, 0.2) is 0 Å². The normalized spacial score (nSPS) is 15.6. The molecule has 1 saturated heterocycles. The summed E-state index contributed by atoms with van der Waals surface area (Å²) in [4.78, 5) is 13.5. The molecule has 2 heterocycles. The van der Waals surface area contributed by atoms with Gasteiger partial charge < -0.3 is 4.74 Å². The van der Waals surface area contributed by atoms with E-state index in [0.717, 1.165) is 15.0 Å². The maximum absolute atomic E-state index is 12.8. The van der Waals surface area contributed by atoms with Crippen LogP contribution in [0.2, 0.25) is 5.02 Å². The van der Waals surface area contributed by atoms with Crippen molar-refractivity contribution >= 4 is 49.0 Å². The summed E-state index contributed by atoms with van der Waals surface area (Å²) in [5, 5.41) is 10.4. The fourth-order valence-corrected chi connectivity index (χ4v) is 6.46. The number of nitriles is 1. The van der Waals surface area contributed by atoms with E-state index in [2.05, 4.69) is 0 Å².